The normalized spacial score (nSPS) is 28.2. The van der Waals surface area contributed by atoms with Crippen molar-refractivity contribution in [3.63, 3.8) is 0 Å². The lowest BCUT2D eigenvalue weighted by Gasteiger charge is -2.27. The van der Waals surface area contributed by atoms with E-state index in [9.17, 15) is 9.90 Å². The molecule has 4 heteroatoms. The highest BCUT2D eigenvalue weighted by molar-refractivity contribution is 5.73. The molecule has 0 aromatic rings. The summed E-state index contributed by atoms with van der Waals surface area (Å²) in [6.45, 7) is 0.584. The van der Waals surface area contributed by atoms with Gasteiger partial charge in [0.05, 0.1) is 6.10 Å². The van der Waals surface area contributed by atoms with Crippen molar-refractivity contribution < 1.29 is 9.90 Å². The lowest BCUT2D eigenvalue weighted by Crippen LogP contribution is -2.40. The number of rotatable bonds is 2. The summed E-state index contributed by atoms with van der Waals surface area (Å²) in [5.41, 5.74) is 0. The van der Waals surface area contributed by atoms with Crippen LogP contribution in [-0.4, -0.2) is 30.8 Å². The van der Waals surface area contributed by atoms with Crippen LogP contribution in [-0.2, 0) is 0 Å². The fourth-order valence-corrected chi connectivity index (χ4v) is 1.74. The van der Waals surface area contributed by atoms with Crippen LogP contribution in [0.4, 0.5) is 4.79 Å². The van der Waals surface area contributed by atoms with Gasteiger partial charge < -0.3 is 15.7 Å². The predicted octanol–water partition coefficient (Wildman–Crippen LogP) is 0.466. The number of aliphatic hydroxyl groups excluding tert-OH is 1. The average Bonchev–Trinajstić information content (AvgIpc) is 2.16. The van der Waals surface area contributed by atoms with Gasteiger partial charge in [0.25, 0.3) is 0 Å². The summed E-state index contributed by atoms with van der Waals surface area (Å²) >= 11 is 0. The van der Waals surface area contributed by atoms with Gasteiger partial charge in [-0.1, -0.05) is 12.8 Å². The van der Waals surface area contributed by atoms with Gasteiger partial charge in [0.15, 0.2) is 0 Å². The zero-order chi connectivity index (χ0) is 9.68. The number of urea groups is 1. The van der Waals surface area contributed by atoms with Crippen LogP contribution in [0.15, 0.2) is 0 Å². The molecule has 1 aliphatic rings. The molecule has 2 unspecified atom stereocenters. The first-order valence-corrected chi connectivity index (χ1v) is 4.87. The molecule has 2 amide bonds. The number of hydrogen-bond donors (Lipinski definition) is 3. The second-order valence-corrected chi connectivity index (χ2v) is 3.57. The SMILES string of the molecule is CNC(=O)NCC1CCCCC1O. The van der Waals surface area contributed by atoms with E-state index in [2.05, 4.69) is 10.6 Å². The minimum atomic E-state index is -0.231. The van der Waals surface area contributed by atoms with E-state index in [0.29, 0.717) is 6.54 Å². The molecule has 1 aliphatic carbocycles. The highest BCUT2D eigenvalue weighted by Gasteiger charge is 2.22. The highest BCUT2D eigenvalue weighted by atomic mass is 16.3. The number of aliphatic hydroxyl groups is 1. The third-order valence-corrected chi connectivity index (χ3v) is 2.62. The lowest BCUT2D eigenvalue weighted by atomic mass is 9.86. The van der Waals surface area contributed by atoms with Crippen molar-refractivity contribution in [1.29, 1.82) is 0 Å². The van der Waals surface area contributed by atoms with Gasteiger partial charge in [0, 0.05) is 19.5 Å². The van der Waals surface area contributed by atoms with Gasteiger partial charge >= 0.3 is 6.03 Å². The molecule has 0 saturated heterocycles. The zero-order valence-electron chi connectivity index (χ0n) is 8.05. The Kier molecular flexibility index (Phi) is 4.02. The Hall–Kier alpha value is -0.770. The molecule has 0 aromatic heterocycles. The molecule has 2 atom stereocenters. The van der Waals surface area contributed by atoms with Crippen molar-refractivity contribution >= 4 is 6.03 Å². The van der Waals surface area contributed by atoms with E-state index in [1.165, 1.54) is 0 Å². The molecular weight excluding hydrogens is 168 g/mol. The highest BCUT2D eigenvalue weighted by Crippen LogP contribution is 2.23. The Morgan fingerprint density at radius 2 is 2.15 bits per heavy atom. The van der Waals surface area contributed by atoms with E-state index in [4.69, 9.17) is 0 Å². The van der Waals surface area contributed by atoms with Crippen LogP contribution >= 0.6 is 0 Å². The minimum absolute atomic E-state index is 0.169. The Morgan fingerprint density at radius 3 is 2.77 bits per heavy atom. The standard InChI is InChI=1S/C9H18N2O2/c1-10-9(13)11-6-7-4-2-3-5-8(7)12/h7-8,12H,2-6H2,1H3,(H2,10,11,13). The maximum Gasteiger partial charge on any atom is 0.314 e. The van der Waals surface area contributed by atoms with Crippen LogP contribution in [0.2, 0.25) is 0 Å². The largest absolute Gasteiger partial charge is 0.393 e. The van der Waals surface area contributed by atoms with Gasteiger partial charge in [0.2, 0.25) is 0 Å². The Labute approximate surface area is 78.7 Å². The van der Waals surface area contributed by atoms with Crippen LogP contribution in [0.3, 0.4) is 0 Å². The summed E-state index contributed by atoms with van der Waals surface area (Å²) < 4.78 is 0. The van der Waals surface area contributed by atoms with E-state index >= 15 is 0 Å². The van der Waals surface area contributed by atoms with Crippen LogP contribution in [0, 0.1) is 5.92 Å². The maximum atomic E-state index is 10.9. The smallest absolute Gasteiger partial charge is 0.314 e. The molecule has 0 aromatic carbocycles. The molecule has 76 valence electrons. The van der Waals surface area contributed by atoms with Crippen LogP contribution < -0.4 is 10.6 Å². The minimum Gasteiger partial charge on any atom is -0.393 e. The number of carbonyl (C=O) groups is 1. The molecule has 1 rings (SSSR count). The molecule has 0 bridgehead atoms. The monoisotopic (exact) mass is 186 g/mol. The van der Waals surface area contributed by atoms with E-state index in [-0.39, 0.29) is 18.1 Å². The van der Waals surface area contributed by atoms with E-state index in [0.717, 1.165) is 25.7 Å². The summed E-state index contributed by atoms with van der Waals surface area (Å²) in [6.07, 6.45) is 3.94. The van der Waals surface area contributed by atoms with Crippen molar-refractivity contribution in [1.82, 2.24) is 10.6 Å². The lowest BCUT2D eigenvalue weighted by molar-refractivity contribution is 0.0709. The quantitative estimate of drug-likeness (QED) is 0.587. The first kappa shape index (κ1) is 10.3. The van der Waals surface area contributed by atoms with Gasteiger partial charge in [-0.05, 0) is 12.8 Å². The Morgan fingerprint density at radius 1 is 1.46 bits per heavy atom. The molecule has 4 nitrogen and oxygen atoms in total. The van der Waals surface area contributed by atoms with Crippen molar-refractivity contribution in [3.8, 4) is 0 Å². The van der Waals surface area contributed by atoms with Crippen LogP contribution in [0.1, 0.15) is 25.7 Å². The number of carbonyl (C=O) groups excluding carboxylic acids is 1. The van der Waals surface area contributed by atoms with Crippen molar-refractivity contribution in [2.24, 2.45) is 5.92 Å². The second-order valence-electron chi connectivity index (χ2n) is 3.57. The van der Waals surface area contributed by atoms with Gasteiger partial charge in [-0.2, -0.15) is 0 Å². The van der Waals surface area contributed by atoms with Gasteiger partial charge in [-0.25, -0.2) is 4.79 Å². The molecular formula is C9H18N2O2. The predicted molar refractivity (Wildman–Crippen MR) is 50.4 cm³/mol. The molecule has 0 heterocycles. The summed E-state index contributed by atoms with van der Waals surface area (Å²) in [5.74, 6) is 0.242. The fourth-order valence-electron chi connectivity index (χ4n) is 1.74. The molecule has 3 N–H and O–H groups in total. The third kappa shape index (κ3) is 3.22. The molecule has 0 radical (unpaired) electrons. The molecule has 1 saturated carbocycles. The number of hydrogen-bond acceptors (Lipinski definition) is 2. The number of nitrogens with one attached hydrogen (secondary N) is 2. The van der Waals surface area contributed by atoms with Gasteiger partial charge in [0.1, 0.15) is 0 Å². The van der Waals surface area contributed by atoms with E-state index < -0.39 is 0 Å². The van der Waals surface area contributed by atoms with E-state index in [1.54, 1.807) is 7.05 Å². The zero-order valence-corrected chi connectivity index (χ0v) is 8.05. The van der Waals surface area contributed by atoms with Crippen LogP contribution in [0.25, 0.3) is 0 Å². The topological polar surface area (TPSA) is 61.4 Å². The number of amides is 2. The summed E-state index contributed by atoms with van der Waals surface area (Å²) in [6, 6.07) is -0.169. The summed E-state index contributed by atoms with van der Waals surface area (Å²) in [4.78, 5) is 10.9. The Bertz CT molecular complexity index is 173. The van der Waals surface area contributed by atoms with Gasteiger partial charge in [-0.15, -0.1) is 0 Å². The maximum absolute atomic E-state index is 10.9. The third-order valence-electron chi connectivity index (χ3n) is 2.62. The van der Waals surface area contributed by atoms with Crippen molar-refractivity contribution in [2.75, 3.05) is 13.6 Å². The first-order chi connectivity index (χ1) is 6.24. The van der Waals surface area contributed by atoms with E-state index in [1.807, 2.05) is 0 Å². The molecule has 0 aliphatic heterocycles. The molecule has 13 heavy (non-hydrogen) atoms. The Balaban J connectivity index is 2.22. The summed E-state index contributed by atoms with van der Waals surface area (Å²) in [5, 5.41) is 14.8. The van der Waals surface area contributed by atoms with Crippen LogP contribution in [0.5, 0.6) is 0 Å². The van der Waals surface area contributed by atoms with Gasteiger partial charge in [-0.3, -0.25) is 0 Å². The van der Waals surface area contributed by atoms with Crippen molar-refractivity contribution in [3.05, 3.63) is 0 Å². The van der Waals surface area contributed by atoms with Crippen molar-refractivity contribution in [2.45, 2.75) is 31.8 Å². The first-order valence-electron chi connectivity index (χ1n) is 4.87. The summed E-state index contributed by atoms with van der Waals surface area (Å²) in [7, 11) is 1.59. The molecule has 0 spiro atoms. The fraction of sp³-hybridized carbons (Fsp3) is 0.889. The molecule has 1 fully saturated rings. The average molecular weight is 186 g/mol. The second kappa shape index (κ2) is 5.07.